The zero-order valence-electron chi connectivity index (χ0n) is 10.3. The highest BCUT2D eigenvalue weighted by Gasteiger charge is 2.16. The van der Waals surface area contributed by atoms with Crippen molar-refractivity contribution in [2.45, 2.75) is 6.42 Å². The van der Waals surface area contributed by atoms with Gasteiger partial charge in [0.1, 0.15) is 0 Å². The van der Waals surface area contributed by atoms with Gasteiger partial charge >= 0.3 is 0 Å². The number of benzene rings is 2. The number of pyridine rings is 1. The van der Waals surface area contributed by atoms with Gasteiger partial charge in [-0.15, -0.1) is 0 Å². The molecule has 0 saturated carbocycles. The number of carbonyl (C=O) groups is 1. The van der Waals surface area contributed by atoms with E-state index in [1.807, 2.05) is 48.7 Å². The molecule has 1 aliphatic carbocycles. The lowest BCUT2D eigenvalue weighted by molar-refractivity contribution is 0.0994. The molecule has 1 aliphatic rings. The Balaban J connectivity index is 2.20. The Morgan fingerprint density at radius 3 is 2.79 bits per heavy atom. The third-order valence-corrected chi connectivity index (χ3v) is 3.70. The summed E-state index contributed by atoms with van der Waals surface area (Å²) >= 11 is 0. The summed E-state index contributed by atoms with van der Waals surface area (Å²) in [5, 5.41) is 3.35. The highest BCUT2D eigenvalue weighted by Crippen LogP contribution is 2.31. The summed E-state index contributed by atoms with van der Waals surface area (Å²) in [6, 6.07) is 12.1. The molecular weight excluding hydrogens is 234 g/mol. The minimum absolute atomic E-state index is 0.188. The van der Waals surface area contributed by atoms with Crippen molar-refractivity contribution >= 4 is 33.5 Å². The van der Waals surface area contributed by atoms with Crippen molar-refractivity contribution in [2.75, 3.05) is 0 Å². The number of fused-ring (bicyclic) bond motifs is 5. The van der Waals surface area contributed by atoms with E-state index < -0.39 is 0 Å². The molecule has 2 aromatic carbocycles. The smallest absolute Gasteiger partial charge is 0.167 e. The average Bonchev–Trinajstić information content (AvgIpc) is 2.47. The predicted octanol–water partition coefficient (Wildman–Crippen LogP) is 3.99. The molecule has 0 atom stereocenters. The molecule has 0 bridgehead atoms. The van der Waals surface area contributed by atoms with Crippen molar-refractivity contribution < 1.29 is 4.79 Å². The Labute approximate surface area is 110 Å². The fourth-order valence-electron chi connectivity index (χ4n) is 2.77. The quantitative estimate of drug-likeness (QED) is 0.560. The lowest BCUT2D eigenvalue weighted by Crippen LogP contribution is -2.04. The van der Waals surface area contributed by atoms with E-state index in [0.717, 1.165) is 32.8 Å². The first kappa shape index (κ1) is 10.4. The van der Waals surface area contributed by atoms with Gasteiger partial charge in [0.15, 0.2) is 5.78 Å². The first-order valence-electron chi connectivity index (χ1n) is 6.35. The van der Waals surface area contributed by atoms with Crippen LogP contribution in [-0.4, -0.2) is 10.8 Å². The zero-order chi connectivity index (χ0) is 12.8. The van der Waals surface area contributed by atoms with E-state index in [2.05, 4.69) is 11.1 Å². The molecule has 1 heterocycles. The number of Topliss-reactive ketones (excluding diaryl/α,β-unsaturated/α-hetero) is 1. The maximum absolute atomic E-state index is 11.9. The third kappa shape index (κ3) is 1.43. The zero-order valence-corrected chi connectivity index (χ0v) is 10.3. The topological polar surface area (TPSA) is 30.0 Å². The van der Waals surface area contributed by atoms with Gasteiger partial charge in [0.25, 0.3) is 0 Å². The minimum atomic E-state index is 0.188. The van der Waals surface area contributed by atoms with E-state index >= 15 is 0 Å². The molecular formula is C17H11NO. The molecule has 2 heteroatoms. The Morgan fingerprint density at radius 1 is 0.947 bits per heavy atom. The summed E-state index contributed by atoms with van der Waals surface area (Å²) < 4.78 is 0. The molecule has 19 heavy (non-hydrogen) atoms. The SMILES string of the molecule is O=C1CC=Cc2c1ccc1c2cnc2ccccc21. The van der Waals surface area contributed by atoms with E-state index in [4.69, 9.17) is 0 Å². The van der Waals surface area contributed by atoms with Crippen LogP contribution in [0.2, 0.25) is 0 Å². The van der Waals surface area contributed by atoms with Gasteiger partial charge in [0.2, 0.25) is 0 Å². The molecule has 0 amide bonds. The largest absolute Gasteiger partial charge is 0.294 e. The number of hydrogen-bond donors (Lipinski definition) is 0. The van der Waals surface area contributed by atoms with Gasteiger partial charge in [-0.2, -0.15) is 0 Å². The predicted molar refractivity (Wildman–Crippen MR) is 77.2 cm³/mol. The second-order valence-corrected chi connectivity index (χ2v) is 4.79. The monoisotopic (exact) mass is 245 g/mol. The first-order valence-corrected chi connectivity index (χ1v) is 6.35. The van der Waals surface area contributed by atoms with Crippen molar-refractivity contribution in [3.05, 3.63) is 59.8 Å². The van der Waals surface area contributed by atoms with Crippen molar-refractivity contribution in [3.8, 4) is 0 Å². The summed E-state index contributed by atoms with van der Waals surface area (Å²) in [7, 11) is 0. The molecule has 0 N–H and O–H groups in total. The highest BCUT2D eigenvalue weighted by atomic mass is 16.1. The van der Waals surface area contributed by atoms with Crippen molar-refractivity contribution in [1.82, 2.24) is 4.98 Å². The minimum Gasteiger partial charge on any atom is -0.294 e. The van der Waals surface area contributed by atoms with Crippen molar-refractivity contribution in [3.63, 3.8) is 0 Å². The normalized spacial score (nSPS) is 14.0. The number of nitrogens with zero attached hydrogens (tertiary/aromatic N) is 1. The highest BCUT2D eigenvalue weighted by molar-refractivity contribution is 6.13. The van der Waals surface area contributed by atoms with Crippen LogP contribution in [0, 0.1) is 0 Å². The van der Waals surface area contributed by atoms with Crippen LogP contribution in [0.4, 0.5) is 0 Å². The lowest BCUT2D eigenvalue weighted by Gasteiger charge is -2.13. The molecule has 0 fully saturated rings. The Hall–Kier alpha value is -2.48. The molecule has 1 aromatic heterocycles. The van der Waals surface area contributed by atoms with Gasteiger partial charge in [0.05, 0.1) is 5.52 Å². The summed E-state index contributed by atoms with van der Waals surface area (Å²) in [6.45, 7) is 0. The van der Waals surface area contributed by atoms with Crippen LogP contribution in [0.5, 0.6) is 0 Å². The van der Waals surface area contributed by atoms with Crippen LogP contribution >= 0.6 is 0 Å². The number of para-hydroxylation sites is 1. The average molecular weight is 245 g/mol. The Kier molecular flexibility index (Phi) is 2.06. The van der Waals surface area contributed by atoms with Gasteiger partial charge < -0.3 is 0 Å². The lowest BCUT2D eigenvalue weighted by atomic mass is 9.91. The van der Waals surface area contributed by atoms with E-state index in [9.17, 15) is 4.79 Å². The molecule has 0 unspecified atom stereocenters. The van der Waals surface area contributed by atoms with Crippen LogP contribution in [0.3, 0.4) is 0 Å². The van der Waals surface area contributed by atoms with Gasteiger partial charge in [-0.1, -0.05) is 42.5 Å². The third-order valence-electron chi connectivity index (χ3n) is 3.70. The molecule has 0 spiro atoms. The fraction of sp³-hybridized carbons (Fsp3) is 0.0588. The molecule has 4 rings (SSSR count). The van der Waals surface area contributed by atoms with Crippen LogP contribution in [0.1, 0.15) is 22.3 Å². The Morgan fingerprint density at radius 2 is 1.84 bits per heavy atom. The van der Waals surface area contributed by atoms with Gasteiger partial charge in [0, 0.05) is 29.0 Å². The molecule has 0 saturated heterocycles. The van der Waals surface area contributed by atoms with Gasteiger partial charge in [-0.25, -0.2) is 0 Å². The summed E-state index contributed by atoms with van der Waals surface area (Å²) in [5.41, 5.74) is 2.81. The number of allylic oxidation sites excluding steroid dienone is 1. The second kappa shape index (κ2) is 3.75. The summed E-state index contributed by atoms with van der Waals surface area (Å²) in [6.07, 6.45) is 6.34. The number of hydrogen-bond acceptors (Lipinski definition) is 2. The van der Waals surface area contributed by atoms with E-state index in [1.165, 1.54) is 0 Å². The maximum Gasteiger partial charge on any atom is 0.167 e. The molecule has 0 aliphatic heterocycles. The molecule has 0 radical (unpaired) electrons. The number of carbonyl (C=O) groups excluding carboxylic acids is 1. The first-order chi connectivity index (χ1) is 9.34. The van der Waals surface area contributed by atoms with Gasteiger partial charge in [-0.05, 0) is 17.0 Å². The molecule has 3 aromatic rings. The van der Waals surface area contributed by atoms with Crippen LogP contribution < -0.4 is 0 Å². The summed E-state index contributed by atoms with van der Waals surface area (Å²) in [4.78, 5) is 16.4. The number of rotatable bonds is 0. The van der Waals surface area contributed by atoms with Crippen LogP contribution in [0.15, 0.2) is 48.7 Å². The standard InChI is InChI=1S/C17H11NO/c19-17-7-3-5-11-14(17)9-8-12-13-4-1-2-6-16(13)18-10-15(11)12/h1-6,8-10H,7H2. The number of aromatic nitrogens is 1. The van der Waals surface area contributed by atoms with Gasteiger partial charge in [-0.3, -0.25) is 9.78 Å². The van der Waals surface area contributed by atoms with E-state index in [1.54, 1.807) is 0 Å². The molecule has 2 nitrogen and oxygen atoms in total. The van der Waals surface area contributed by atoms with Crippen molar-refractivity contribution in [1.29, 1.82) is 0 Å². The van der Waals surface area contributed by atoms with Crippen LogP contribution in [0.25, 0.3) is 27.8 Å². The maximum atomic E-state index is 11.9. The van der Waals surface area contributed by atoms with E-state index in [-0.39, 0.29) is 5.78 Å². The summed E-state index contributed by atoms with van der Waals surface area (Å²) in [5.74, 6) is 0.188. The fourth-order valence-corrected chi connectivity index (χ4v) is 2.77. The van der Waals surface area contributed by atoms with Crippen LogP contribution in [-0.2, 0) is 0 Å². The molecule has 90 valence electrons. The van der Waals surface area contributed by atoms with E-state index in [0.29, 0.717) is 6.42 Å². The second-order valence-electron chi connectivity index (χ2n) is 4.79. The number of ketones is 1. The Bertz CT molecular complexity index is 862. The van der Waals surface area contributed by atoms with Crippen molar-refractivity contribution in [2.24, 2.45) is 0 Å².